The molecule has 2 aromatic rings. The monoisotopic (exact) mass is 327 g/mol. The molecule has 3 rings (SSSR count). The maximum atomic E-state index is 13.0. The molecule has 5 nitrogen and oxygen atoms in total. The van der Waals surface area contributed by atoms with Crippen molar-refractivity contribution in [2.24, 2.45) is 0 Å². The van der Waals surface area contributed by atoms with Crippen molar-refractivity contribution >= 4 is 5.91 Å². The number of benzene rings is 1. The van der Waals surface area contributed by atoms with E-state index < -0.39 is 0 Å². The molecule has 0 spiro atoms. The number of carbonyl (C=O) groups excluding carboxylic acids is 1. The average Bonchev–Trinajstić information content (AvgIpc) is 2.81. The van der Waals surface area contributed by atoms with Gasteiger partial charge in [0.25, 0.3) is 5.91 Å². The van der Waals surface area contributed by atoms with E-state index in [1.165, 1.54) is 5.56 Å². The third kappa shape index (κ3) is 3.36. The van der Waals surface area contributed by atoms with Crippen LogP contribution in [-0.4, -0.2) is 45.9 Å². The first kappa shape index (κ1) is 16.7. The number of aromatic nitrogens is 2. The van der Waals surface area contributed by atoms with Gasteiger partial charge in [-0.25, -0.2) is 0 Å². The lowest BCUT2D eigenvalue weighted by atomic mass is 10.1. The quantitative estimate of drug-likeness (QED) is 0.871. The van der Waals surface area contributed by atoms with E-state index in [1.807, 2.05) is 55.5 Å². The molecule has 1 amide bonds. The lowest BCUT2D eigenvalue weighted by Gasteiger charge is -2.35. The number of hydrogen-bond donors (Lipinski definition) is 0. The van der Waals surface area contributed by atoms with Crippen LogP contribution >= 0.6 is 0 Å². The summed E-state index contributed by atoms with van der Waals surface area (Å²) in [5.41, 5.74) is 3.62. The number of hydrogen-bond acceptors (Lipinski definition) is 3. The Labute approximate surface area is 143 Å². The lowest BCUT2D eigenvalue weighted by Crippen LogP contribution is -2.48. The predicted molar refractivity (Wildman–Crippen MR) is 93.2 cm³/mol. The summed E-state index contributed by atoms with van der Waals surface area (Å²) in [5.74, 6) is 0.0614. The van der Waals surface area contributed by atoms with E-state index in [9.17, 15) is 4.79 Å². The van der Waals surface area contributed by atoms with E-state index in [1.54, 1.807) is 0 Å². The molecule has 0 aliphatic carbocycles. The number of aryl methyl sites for hydroxylation is 1. The molecule has 2 atom stereocenters. The van der Waals surface area contributed by atoms with Crippen molar-refractivity contribution in [1.82, 2.24) is 14.7 Å². The molecule has 1 aromatic heterocycles. The van der Waals surface area contributed by atoms with Gasteiger partial charge in [0.15, 0.2) is 0 Å². The standard InChI is InChI=1S/C19H25N3O2/c1-13-10-21(11-14(2)24-13)19(23)18-15(3)20-22(16(18)4)12-17-8-6-5-7-9-17/h5-9,13-14H,10-12H2,1-4H3. The molecule has 0 saturated carbocycles. The number of carbonyl (C=O) groups is 1. The minimum absolute atomic E-state index is 0.0614. The second kappa shape index (κ2) is 6.77. The largest absolute Gasteiger partial charge is 0.372 e. The fraction of sp³-hybridized carbons (Fsp3) is 0.474. The van der Waals surface area contributed by atoms with Gasteiger partial charge in [-0.05, 0) is 33.3 Å². The van der Waals surface area contributed by atoms with Crippen LogP contribution < -0.4 is 0 Å². The predicted octanol–water partition coefficient (Wildman–Crippen LogP) is 2.80. The van der Waals surface area contributed by atoms with Crippen LogP contribution in [0.25, 0.3) is 0 Å². The zero-order valence-electron chi connectivity index (χ0n) is 14.8. The molecule has 1 aliphatic heterocycles. The van der Waals surface area contributed by atoms with E-state index in [-0.39, 0.29) is 18.1 Å². The number of rotatable bonds is 3. The molecule has 128 valence electrons. The molecular formula is C19H25N3O2. The maximum absolute atomic E-state index is 13.0. The summed E-state index contributed by atoms with van der Waals surface area (Å²) in [6, 6.07) is 10.2. The number of nitrogens with zero attached hydrogens (tertiary/aromatic N) is 3. The summed E-state index contributed by atoms with van der Waals surface area (Å²) in [6.07, 6.45) is 0.135. The van der Waals surface area contributed by atoms with Crippen LogP contribution in [-0.2, 0) is 11.3 Å². The van der Waals surface area contributed by atoms with Gasteiger partial charge in [-0.3, -0.25) is 9.48 Å². The summed E-state index contributed by atoms with van der Waals surface area (Å²) in [4.78, 5) is 14.9. The third-order valence-electron chi connectivity index (χ3n) is 4.48. The van der Waals surface area contributed by atoms with E-state index in [0.717, 1.165) is 17.0 Å². The van der Waals surface area contributed by atoms with E-state index in [4.69, 9.17) is 4.74 Å². The second-order valence-corrected chi connectivity index (χ2v) is 6.66. The average molecular weight is 327 g/mol. The van der Waals surface area contributed by atoms with Gasteiger partial charge in [0, 0.05) is 18.8 Å². The van der Waals surface area contributed by atoms with Crippen molar-refractivity contribution in [3.8, 4) is 0 Å². The van der Waals surface area contributed by atoms with Crippen molar-refractivity contribution < 1.29 is 9.53 Å². The zero-order chi connectivity index (χ0) is 17.3. The minimum Gasteiger partial charge on any atom is -0.372 e. The van der Waals surface area contributed by atoms with Crippen molar-refractivity contribution in [2.75, 3.05) is 13.1 Å². The molecule has 0 radical (unpaired) electrons. The summed E-state index contributed by atoms with van der Waals surface area (Å²) in [6.45, 7) is 9.84. The van der Waals surface area contributed by atoms with Crippen LogP contribution in [0.15, 0.2) is 30.3 Å². The number of morpholine rings is 1. The van der Waals surface area contributed by atoms with E-state index in [2.05, 4.69) is 17.2 Å². The fourth-order valence-corrected chi connectivity index (χ4v) is 3.42. The first-order chi connectivity index (χ1) is 11.5. The molecule has 0 N–H and O–H groups in total. The fourth-order valence-electron chi connectivity index (χ4n) is 3.42. The highest BCUT2D eigenvalue weighted by molar-refractivity contribution is 5.96. The highest BCUT2D eigenvalue weighted by Crippen LogP contribution is 2.20. The number of ether oxygens (including phenoxy) is 1. The Morgan fingerprint density at radius 1 is 1.17 bits per heavy atom. The van der Waals surface area contributed by atoms with E-state index in [0.29, 0.717) is 19.6 Å². The summed E-state index contributed by atoms with van der Waals surface area (Å²) in [5, 5.41) is 4.60. The van der Waals surface area contributed by atoms with Crippen molar-refractivity contribution in [1.29, 1.82) is 0 Å². The molecule has 2 heterocycles. The molecule has 1 saturated heterocycles. The van der Waals surface area contributed by atoms with Crippen molar-refractivity contribution in [3.63, 3.8) is 0 Å². The lowest BCUT2D eigenvalue weighted by molar-refractivity contribution is -0.0586. The van der Waals surface area contributed by atoms with Gasteiger partial charge in [0.2, 0.25) is 0 Å². The molecule has 1 fully saturated rings. The van der Waals surface area contributed by atoms with Crippen LogP contribution in [0.2, 0.25) is 0 Å². The van der Waals surface area contributed by atoms with Crippen molar-refractivity contribution in [3.05, 3.63) is 52.8 Å². The van der Waals surface area contributed by atoms with Crippen LogP contribution in [0.3, 0.4) is 0 Å². The van der Waals surface area contributed by atoms with Gasteiger partial charge in [-0.1, -0.05) is 30.3 Å². The van der Waals surface area contributed by atoms with Gasteiger partial charge in [0.1, 0.15) is 0 Å². The van der Waals surface area contributed by atoms with Crippen LogP contribution in [0.1, 0.15) is 41.2 Å². The minimum atomic E-state index is 0.0614. The Balaban J connectivity index is 1.84. The topological polar surface area (TPSA) is 47.4 Å². The maximum Gasteiger partial charge on any atom is 0.257 e. The highest BCUT2D eigenvalue weighted by Gasteiger charge is 2.29. The summed E-state index contributed by atoms with van der Waals surface area (Å²) in [7, 11) is 0. The normalized spacial score (nSPS) is 21.1. The van der Waals surface area contributed by atoms with Gasteiger partial charge < -0.3 is 9.64 Å². The van der Waals surface area contributed by atoms with E-state index >= 15 is 0 Å². The first-order valence-corrected chi connectivity index (χ1v) is 8.48. The second-order valence-electron chi connectivity index (χ2n) is 6.66. The van der Waals surface area contributed by atoms with Crippen LogP contribution in [0, 0.1) is 13.8 Å². The number of amides is 1. The Morgan fingerprint density at radius 2 is 1.79 bits per heavy atom. The Kier molecular flexibility index (Phi) is 4.71. The first-order valence-electron chi connectivity index (χ1n) is 8.48. The van der Waals surface area contributed by atoms with Crippen molar-refractivity contribution in [2.45, 2.75) is 46.4 Å². The molecular weight excluding hydrogens is 302 g/mol. The Morgan fingerprint density at radius 3 is 2.42 bits per heavy atom. The van der Waals surface area contributed by atoms with Gasteiger partial charge in [-0.15, -0.1) is 0 Å². The zero-order valence-corrected chi connectivity index (χ0v) is 14.8. The van der Waals surface area contributed by atoms with Gasteiger partial charge in [0.05, 0.1) is 30.0 Å². The SMILES string of the molecule is Cc1nn(Cc2ccccc2)c(C)c1C(=O)N1CC(C)OC(C)C1. The van der Waals surface area contributed by atoms with Gasteiger partial charge in [-0.2, -0.15) is 5.10 Å². The molecule has 5 heteroatoms. The molecule has 24 heavy (non-hydrogen) atoms. The smallest absolute Gasteiger partial charge is 0.257 e. The third-order valence-corrected chi connectivity index (χ3v) is 4.48. The molecule has 1 aliphatic rings. The summed E-state index contributed by atoms with van der Waals surface area (Å²) >= 11 is 0. The van der Waals surface area contributed by atoms with Crippen LogP contribution in [0.4, 0.5) is 0 Å². The Bertz CT molecular complexity index is 714. The van der Waals surface area contributed by atoms with Crippen LogP contribution in [0.5, 0.6) is 0 Å². The van der Waals surface area contributed by atoms with Gasteiger partial charge >= 0.3 is 0 Å². The molecule has 1 aromatic carbocycles. The highest BCUT2D eigenvalue weighted by atomic mass is 16.5. The summed E-state index contributed by atoms with van der Waals surface area (Å²) < 4.78 is 7.65. The molecule has 0 bridgehead atoms. The Hall–Kier alpha value is -2.14. The molecule has 2 unspecified atom stereocenters.